The van der Waals surface area contributed by atoms with Crippen molar-refractivity contribution >= 4 is 63.8 Å². The Hall–Kier alpha value is -3.86. The molecule has 4 rings (SSSR count). The van der Waals surface area contributed by atoms with Crippen LogP contribution >= 0.6 is 23.1 Å². The number of ether oxygens (including phenoxy) is 1. The van der Waals surface area contributed by atoms with Gasteiger partial charge in [-0.15, -0.1) is 23.1 Å². The summed E-state index contributed by atoms with van der Waals surface area (Å²) in [6.07, 6.45) is -0.0611. The van der Waals surface area contributed by atoms with Crippen molar-refractivity contribution in [2.24, 2.45) is 10.9 Å². The number of oxime groups is 1. The molecule has 2 atom stereocenters. The molecule has 15 nitrogen and oxygen atoms in total. The predicted molar refractivity (Wildman–Crippen MR) is 124 cm³/mol. The number of nitrogens with two attached hydrogens (primary N) is 2. The maximum absolute atomic E-state index is 13.1. The van der Waals surface area contributed by atoms with Crippen LogP contribution in [0.25, 0.3) is 0 Å². The molecular formula is C19H20N6O9S2. The highest BCUT2D eigenvalue weighted by Crippen LogP contribution is 2.40. The Kier molecular flexibility index (Phi) is 6.77. The second kappa shape index (κ2) is 9.65. The van der Waals surface area contributed by atoms with Crippen molar-refractivity contribution in [1.29, 1.82) is 0 Å². The summed E-state index contributed by atoms with van der Waals surface area (Å²) in [6.45, 7) is -0.401. The van der Waals surface area contributed by atoms with Gasteiger partial charge in [-0.1, -0.05) is 5.16 Å². The molecule has 192 valence electrons. The lowest BCUT2D eigenvalue weighted by molar-refractivity contribution is -0.178. The quantitative estimate of drug-likeness (QED) is 0.148. The van der Waals surface area contributed by atoms with E-state index in [0.29, 0.717) is 6.42 Å². The third-order valence-electron chi connectivity index (χ3n) is 5.77. The van der Waals surface area contributed by atoms with Gasteiger partial charge in [-0.05, 0) is 6.42 Å². The number of primary amides is 1. The molecule has 36 heavy (non-hydrogen) atoms. The minimum absolute atomic E-state index is 0.0202. The van der Waals surface area contributed by atoms with E-state index in [1.54, 1.807) is 0 Å². The molecule has 2 fully saturated rings. The topological polar surface area (TPSA) is 237 Å². The van der Waals surface area contributed by atoms with E-state index < -0.39 is 53.5 Å². The van der Waals surface area contributed by atoms with Crippen molar-refractivity contribution in [2.45, 2.75) is 36.3 Å². The van der Waals surface area contributed by atoms with Crippen molar-refractivity contribution in [2.75, 3.05) is 18.1 Å². The number of rotatable bonds is 9. The monoisotopic (exact) mass is 540 g/mol. The lowest BCUT2D eigenvalue weighted by Crippen LogP contribution is -2.71. The number of nitrogens with one attached hydrogen (secondary N) is 1. The number of aromatic nitrogens is 1. The number of aliphatic carboxylic acids is 2. The van der Waals surface area contributed by atoms with Gasteiger partial charge in [0.05, 0.1) is 0 Å². The van der Waals surface area contributed by atoms with Crippen LogP contribution in [0.15, 0.2) is 21.8 Å². The zero-order valence-corrected chi connectivity index (χ0v) is 20.0. The largest absolute Gasteiger partial charge is 0.478 e. The number of carboxylic acid groups (broad SMARTS) is 2. The first-order valence-corrected chi connectivity index (χ1v) is 12.3. The first kappa shape index (κ1) is 25.2. The van der Waals surface area contributed by atoms with Crippen LogP contribution in [0.5, 0.6) is 0 Å². The van der Waals surface area contributed by atoms with E-state index in [9.17, 15) is 34.2 Å². The highest BCUT2D eigenvalue weighted by Gasteiger charge is 2.55. The first-order chi connectivity index (χ1) is 17.0. The third-order valence-corrected chi connectivity index (χ3v) is 7.78. The molecule has 1 saturated carbocycles. The standard InChI is InChI=1S/C19H20N6O9S2/c20-17-22-8(6-36-17)9(24-34-19(16(30)31)2-1-3-19)12(26)23-10-13(27)25-11(15(28)29)7(4-33-18(21)32)5-35-14(10)25/h6,10,14H,1-5H2,(H2,20,22)(H2,21,32)(H,23,26)(H,28,29)(H,30,31)/b24-9-/t10-,14-/m1/s1. The summed E-state index contributed by atoms with van der Waals surface area (Å²) < 4.78 is 4.67. The van der Waals surface area contributed by atoms with Gasteiger partial charge in [0.25, 0.3) is 11.8 Å². The van der Waals surface area contributed by atoms with Gasteiger partial charge >= 0.3 is 18.0 Å². The van der Waals surface area contributed by atoms with Crippen molar-refractivity contribution in [1.82, 2.24) is 15.2 Å². The fourth-order valence-electron chi connectivity index (χ4n) is 3.74. The number of hydrogen-bond donors (Lipinski definition) is 5. The molecule has 0 aromatic carbocycles. The minimum atomic E-state index is -1.56. The predicted octanol–water partition coefficient (Wildman–Crippen LogP) is -0.713. The fourth-order valence-corrected chi connectivity index (χ4v) is 5.61. The molecule has 17 heteroatoms. The van der Waals surface area contributed by atoms with E-state index in [-0.39, 0.29) is 46.4 Å². The minimum Gasteiger partial charge on any atom is -0.478 e. The molecule has 1 aliphatic carbocycles. The van der Waals surface area contributed by atoms with Crippen LogP contribution < -0.4 is 16.8 Å². The van der Waals surface area contributed by atoms with Gasteiger partial charge < -0.3 is 36.6 Å². The molecule has 1 aromatic heterocycles. The number of carbonyl (C=O) groups is 5. The number of β-lactam (4-membered cyclic amide) rings is 1. The van der Waals surface area contributed by atoms with E-state index in [4.69, 9.17) is 16.3 Å². The lowest BCUT2D eigenvalue weighted by Gasteiger charge is -2.49. The van der Waals surface area contributed by atoms with Gasteiger partial charge in [0, 0.05) is 29.5 Å². The van der Waals surface area contributed by atoms with Crippen LogP contribution in [0.3, 0.4) is 0 Å². The van der Waals surface area contributed by atoms with Crippen LogP contribution in [0, 0.1) is 0 Å². The highest BCUT2D eigenvalue weighted by atomic mass is 32.2. The summed E-state index contributed by atoms with van der Waals surface area (Å²) in [5.74, 6) is -4.13. The molecule has 0 bridgehead atoms. The van der Waals surface area contributed by atoms with Gasteiger partial charge in [0.15, 0.2) is 10.8 Å². The van der Waals surface area contributed by atoms with E-state index >= 15 is 0 Å². The first-order valence-electron chi connectivity index (χ1n) is 10.4. The molecular weight excluding hydrogens is 520 g/mol. The van der Waals surface area contributed by atoms with E-state index in [1.807, 2.05) is 0 Å². The highest BCUT2D eigenvalue weighted by molar-refractivity contribution is 8.00. The molecule has 0 spiro atoms. The number of carboxylic acids is 2. The Balaban J connectivity index is 1.54. The normalized spacial score (nSPS) is 22.6. The number of amides is 3. The second-order valence-corrected chi connectivity index (χ2v) is 9.98. The summed E-state index contributed by atoms with van der Waals surface area (Å²) in [6, 6.07) is -1.12. The number of hydrogen-bond acceptors (Lipinski definition) is 12. The Morgan fingerprint density at radius 2 is 2.03 bits per heavy atom. The van der Waals surface area contributed by atoms with E-state index in [2.05, 4.69) is 20.2 Å². The van der Waals surface area contributed by atoms with Gasteiger partial charge in [-0.25, -0.2) is 19.4 Å². The Morgan fingerprint density at radius 3 is 2.56 bits per heavy atom. The molecule has 3 amide bonds. The van der Waals surface area contributed by atoms with Crippen LogP contribution in [-0.4, -0.2) is 85.0 Å². The average molecular weight is 541 g/mol. The molecule has 1 aromatic rings. The number of thioether (sulfide) groups is 1. The maximum Gasteiger partial charge on any atom is 0.404 e. The van der Waals surface area contributed by atoms with Gasteiger partial charge in [-0.2, -0.15) is 0 Å². The zero-order chi connectivity index (χ0) is 26.2. The van der Waals surface area contributed by atoms with Crippen LogP contribution in [0.1, 0.15) is 25.0 Å². The van der Waals surface area contributed by atoms with Gasteiger partial charge in [0.1, 0.15) is 29.4 Å². The van der Waals surface area contributed by atoms with E-state index in [1.165, 1.54) is 5.38 Å². The fraction of sp³-hybridized carbons (Fsp3) is 0.421. The number of carbonyl (C=O) groups excluding carboxylic acids is 3. The van der Waals surface area contributed by atoms with Crippen molar-refractivity contribution < 1.29 is 43.8 Å². The summed E-state index contributed by atoms with van der Waals surface area (Å²) in [4.78, 5) is 70.5. The summed E-state index contributed by atoms with van der Waals surface area (Å²) in [5, 5.41) is 26.1. The van der Waals surface area contributed by atoms with Gasteiger partial charge in [-0.3, -0.25) is 14.5 Å². The molecule has 0 unspecified atom stereocenters. The maximum atomic E-state index is 13.1. The Bertz CT molecular complexity index is 1210. The second-order valence-electron chi connectivity index (χ2n) is 7.98. The molecule has 7 N–H and O–H groups in total. The Morgan fingerprint density at radius 1 is 1.31 bits per heavy atom. The number of thiazole rings is 1. The van der Waals surface area contributed by atoms with Crippen molar-refractivity contribution in [3.63, 3.8) is 0 Å². The zero-order valence-electron chi connectivity index (χ0n) is 18.3. The number of fused-ring (bicyclic) bond motifs is 1. The molecule has 3 heterocycles. The van der Waals surface area contributed by atoms with Crippen molar-refractivity contribution in [3.8, 4) is 0 Å². The number of nitrogens with zero attached hydrogens (tertiary/aromatic N) is 3. The number of anilines is 1. The molecule has 2 aliphatic heterocycles. The summed E-state index contributed by atoms with van der Waals surface area (Å²) in [5.41, 5.74) is 8.49. The third kappa shape index (κ3) is 4.53. The molecule has 1 saturated heterocycles. The van der Waals surface area contributed by atoms with Crippen LogP contribution in [0.4, 0.5) is 9.93 Å². The van der Waals surface area contributed by atoms with Crippen LogP contribution in [0.2, 0.25) is 0 Å². The smallest absolute Gasteiger partial charge is 0.404 e. The Labute approximate surface area is 210 Å². The van der Waals surface area contributed by atoms with Crippen molar-refractivity contribution in [3.05, 3.63) is 22.3 Å². The van der Waals surface area contributed by atoms with Gasteiger partial charge in [0.2, 0.25) is 5.60 Å². The summed E-state index contributed by atoms with van der Waals surface area (Å²) in [7, 11) is 0. The number of nitrogen functional groups attached to an aromatic ring is 1. The molecule has 0 radical (unpaired) electrons. The van der Waals surface area contributed by atoms with E-state index in [0.717, 1.165) is 28.0 Å². The average Bonchev–Trinajstić information content (AvgIpc) is 3.22. The lowest BCUT2D eigenvalue weighted by atomic mass is 9.80. The SMILES string of the molecule is NC(=O)OCC1=C(C(=O)O)N2C(=O)[C@@H](NC(=O)/C(=N\OC3(C(=O)O)CCC3)c3csc(N)n3)[C@H]2SC1. The van der Waals surface area contributed by atoms with Crippen LogP contribution in [-0.2, 0) is 28.8 Å². The molecule has 3 aliphatic rings. The summed E-state index contributed by atoms with van der Waals surface area (Å²) >= 11 is 2.16.